The fourth-order valence-electron chi connectivity index (χ4n) is 1.83. The first-order valence-electron chi connectivity index (χ1n) is 6.64. The number of anilines is 2. The Labute approximate surface area is 158 Å². The third-order valence-corrected chi connectivity index (χ3v) is 4.21. The third-order valence-electron chi connectivity index (χ3n) is 2.78. The molecule has 0 atom stereocenters. The van der Waals surface area contributed by atoms with Crippen molar-refractivity contribution in [3.8, 4) is 5.75 Å². The van der Waals surface area contributed by atoms with Gasteiger partial charge in [-0.15, -0.1) is 0 Å². The van der Waals surface area contributed by atoms with Gasteiger partial charge in [0.05, 0.1) is 16.8 Å². The number of benzene rings is 2. The van der Waals surface area contributed by atoms with E-state index in [2.05, 4.69) is 10.0 Å². The number of nitrogens with one attached hydrogen (secondary N) is 2. The minimum absolute atomic E-state index is 0. The van der Waals surface area contributed by atoms with Crippen LogP contribution in [0.1, 0.15) is 0 Å². The molecule has 25 heavy (non-hydrogen) atoms. The van der Waals surface area contributed by atoms with Crippen molar-refractivity contribution in [2.75, 3.05) is 23.0 Å². The van der Waals surface area contributed by atoms with Crippen molar-refractivity contribution < 1.29 is 45.0 Å². The van der Waals surface area contributed by atoms with Crippen LogP contribution in [-0.2, 0) is 20.1 Å². The summed E-state index contributed by atoms with van der Waals surface area (Å²) in [5, 5.41) is 2.89. The van der Waals surface area contributed by atoms with Crippen LogP contribution < -0.4 is 33.6 Å². The van der Waals surface area contributed by atoms with Crippen LogP contribution in [0.15, 0.2) is 53.4 Å². The zero-order valence-electron chi connectivity index (χ0n) is 13.6. The van der Waals surface area contributed by atoms with Crippen molar-refractivity contribution in [2.24, 2.45) is 0 Å². The Morgan fingerprint density at radius 3 is 2.28 bits per heavy atom. The van der Waals surface area contributed by atoms with Crippen LogP contribution in [0.3, 0.4) is 0 Å². The first kappa shape index (κ1) is 21.3. The van der Waals surface area contributed by atoms with Gasteiger partial charge in [-0.05, 0) is 36.4 Å². The summed E-state index contributed by atoms with van der Waals surface area (Å²) in [5.74, 6) is 0.213. The molecule has 2 rings (SSSR count). The van der Waals surface area contributed by atoms with Gasteiger partial charge in [0.25, 0.3) is 0 Å². The van der Waals surface area contributed by atoms with Gasteiger partial charge in [0, 0.05) is 5.69 Å². The molecule has 0 spiro atoms. The molecular weight excluding hydrogens is 363 g/mol. The number of sulfonamides is 1. The Hall–Kier alpha value is -1.70. The van der Waals surface area contributed by atoms with Crippen molar-refractivity contribution in [3.05, 3.63) is 48.5 Å². The Morgan fingerprint density at radius 1 is 1.00 bits per heavy atom. The maximum absolute atomic E-state index is 11.2. The van der Waals surface area contributed by atoms with Crippen molar-refractivity contribution in [3.63, 3.8) is 0 Å². The van der Waals surface area contributed by atoms with Crippen LogP contribution in [0.25, 0.3) is 0 Å². The summed E-state index contributed by atoms with van der Waals surface area (Å²) in [6.45, 7) is -0.00924. The van der Waals surface area contributed by atoms with Gasteiger partial charge >= 0.3 is 18.9 Å². The van der Waals surface area contributed by atoms with E-state index in [9.17, 15) is 21.4 Å². The minimum atomic E-state index is -4.54. The van der Waals surface area contributed by atoms with E-state index in [1.807, 2.05) is 0 Å². The van der Waals surface area contributed by atoms with Crippen LogP contribution in [0, 0.1) is 0 Å². The molecule has 0 fully saturated rings. The first-order valence-corrected chi connectivity index (χ1v) is 9.94. The topological polar surface area (TPSA) is 125 Å². The molecule has 0 aliphatic rings. The molecule has 0 heterocycles. The van der Waals surface area contributed by atoms with Gasteiger partial charge in [0.15, 0.2) is 6.73 Å². The number of rotatable bonds is 7. The predicted octanol–water partition coefficient (Wildman–Crippen LogP) is -1.59. The van der Waals surface area contributed by atoms with E-state index < -0.39 is 20.1 Å². The summed E-state index contributed by atoms with van der Waals surface area (Å²) in [6, 6.07) is 11.7. The molecule has 0 bridgehead atoms. The largest absolute Gasteiger partial charge is 1.00 e. The van der Waals surface area contributed by atoms with E-state index in [1.165, 1.54) is 18.2 Å². The second kappa shape index (κ2) is 8.60. The molecule has 130 valence electrons. The molecule has 0 amide bonds. The molecule has 8 nitrogen and oxygen atoms in total. The average molecular weight is 378 g/mol. The van der Waals surface area contributed by atoms with Crippen LogP contribution in [0.2, 0.25) is 0 Å². The van der Waals surface area contributed by atoms with Crippen molar-refractivity contribution in [1.29, 1.82) is 0 Å². The van der Waals surface area contributed by atoms with Crippen molar-refractivity contribution in [2.45, 2.75) is 4.90 Å². The van der Waals surface area contributed by atoms with Gasteiger partial charge in [0.2, 0.25) is 10.0 Å². The minimum Gasteiger partial charge on any atom is -0.744 e. The van der Waals surface area contributed by atoms with Crippen LogP contribution >= 0.6 is 0 Å². The van der Waals surface area contributed by atoms with Crippen molar-refractivity contribution in [1.82, 2.24) is 0 Å². The summed E-state index contributed by atoms with van der Waals surface area (Å²) in [5.41, 5.74) is 0.984. The second-order valence-electron chi connectivity index (χ2n) is 4.85. The fraction of sp³-hybridized carbons (Fsp3) is 0.143. The Balaban J connectivity index is 0.00000312. The maximum atomic E-state index is 11.2. The average Bonchev–Trinajstić information content (AvgIpc) is 2.45. The molecule has 0 saturated heterocycles. The Kier molecular flexibility index (Phi) is 7.34. The van der Waals surface area contributed by atoms with Gasteiger partial charge in [-0.25, -0.2) is 16.8 Å². The van der Waals surface area contributed by atoms with Gasteiger partial charge in [-0.2, -0.15) is 0 Å². The molecule has 2 N–H and O–H groups in total. The molecular formula is C14H15LiN2O6S2. The molecule has 0 saturated carbocycles. The van der Waals surface area contributed by atoms with E-state index in [0.29, 0.717) is 11.4 Å². The van der Waals surface area contributed by atoms with E-state index in [4.69, 9.17) is 4.74 Å². The molecule has 0 radical (unpaired) electrons. The smallest absolute Gasteiger partial charge is 0.744 e. The Bertz CT molecular complexity index is 932. The standard InChI is InChI=1S/C14H16N2O6S2.Li/c1-23(17,18)16-12-5-2-4-11(8-12)15-10-22-13-6-3-7-14(9-13)24(19,20)21;/h2-9,15-16H,10H2,1H3,(H,19,20,21);/q;+1/p-1. The first-order chi connectivity index (χ1) is 11.1. The summed E-state index contributed by atoms with van der Waals surface area (Å²) >= 11 is 0. The zero-order chi connectivity index (χ0) is 17.8. The second-order valence-corrected chi connectivity index (χ2v) is 7.98. The molecule has 0 aliphatic carbocycles. The molecule has 0 aliphatic heterocycles. The van der Waals surface area contributed by atoms with Crippen LogP contribution in [0.5, 0.6) is 5.75 Å². The summed E-state index contributed by atoms with van der Waals surface area (Å²) in [7, 11) is -7.91. The summed E-state index contributed by atoms with van der Waals surface area (Å²) < 4.78 is 62.9. The summed E-state index contributed by atoms with van der Waals surface area (Å²) in [6.07, 6.45) is 1.05. The van der Waals surface area contributed by atoms with Gasteiger partial charge in [-0.1, -0.05) is 12.1 Å². The number of hydrogen-bond acceptors (Lipinski definition) is 7. The Morgan fingerprint density at radius 2 is 1.64 bits per heavy atom. The van der Waals surface area contributed by atoms with E-state index in [0.717, 1.165) is 12.3 Å². The van der Waals surface area contributed by atoms with Crippen LogP contribution in [-0.4, -0.2) is 34.4 Å². The quantitative estimate of drug-likeness (QED) is 0.338. The van der Waals surface area contributed by atoms with E-state index in [-0.39, 0.29) is 36.2 Å². The number of ether oxygens (including phenoxy) is 1. The molecule has 0 unspecified atom stereocenters. The molecule has 11 heteroatoms. The van der Waals surface area contributed by atoms with Crippen LogP contribution in [0.4, 0.5) is 11.4 Å². The van der Waals surface area contributed by atoms with E-state index in [1.54, 1.807) is 24.3 Å². The van der Waals surface area contributed by atoms with Gasteiger partial charge in [-0.3, -0.25) is 4.72 Å². The molecule has 0 aromatic heterocycles. The van der Waals surface area contributed by atoms with E-state index >= 15 is 0 Å². The zero-order valence-corrected chi connectivity index (χ0v) is 15.2. The molecule has 2 aromatic rings. The summed E-state index contributed by atoms with van der Waals surface area (Å²) in [4.78, 5) is -0.376. The van der Waals surface area contributed by atoms with Gasteiger partial charge < -0.3 is 14.6 Å². The normalized spacial score (nSPS) is 11.3. The monoisotopic (exact) mass is 378 g/mol. The van der Waals surface area contributed by atoms with Crippen molar-refractivity contribution >= 4 is 31.5 Å². The fourth-order valence-corrected chi connectivity index (χ4v) is 2.89. The SMILES string of the molecule is CS(=O)(=O)Nc1cccc(NCOc2cccc(S(=O)(=O)[O-])c2)c1.[Li+]. The third kappa shape index (κ3) is 7.37. The number of hydrogen-bond donors (Lipinski definition) is 2. The molecule has 2 aromatic carbocycles. The predicted molar refractivity (Wildman–Crippen MR) is 88.4 cm³/mol. The van der Waals surface area contributed by atoms with Gasteiger partial charge in [0.1, 0.15) is 15.9 Å². The maximum Gasteiger partial charge on any atom is 1.00 e.